The highest BCUT2D eigenvalue weighted by Crippen LogP contribution is 2.43. The lowest BCUT2D eigenvalue weighted by atomic mass is 10.1. The van der Waals surface area contributed by atoms with Gasteiger partial charge in [0.2, 0.25) is 0 Å². The van der Waals surface area contributed by atoms with Crippen LogP contribution in [0.4, 0.5) is 0 Å². The topological polar surface area (TPSA) is 172 Å². The second-order valence-corrected chi connectivity index (χ2v) is 10.6. The van der Waals surface area contributed by atoms with Crippen molar-refractivity contribution in [2.45, 2.75) is 116 Å². The molecule has 0 aromatic rings. The second-order valence-electron chi connectivity index (χ2n) is 9.18. The molecule has 12 heteroatoms. The molecule has 0 aromatic heterocycles. The largest absolute Gasteiger partial charge is 0.480 e. The van der Waals surface area contributed by atoms with Crippen LogP contribution < -0.4 is 5.73 Å². The lowest BCUT2D eigenvalue weighted by Crippen LogP contribution is -2.34. The maximum atomic E-state index is 12.3. The first-order chi connectivity index (χ1) is 18.1. The Balaban J connectivity index is 4.51. The number of carbonyl (C=O) groups excluding carboxylic acids is 2. The minimum absolute atomic E-state index is 0.151. The molecule has 222 valence electrons. The van der Waals surface area contributed by atoms with Crippen molar-refractivity contribution in [3.63, 3.8) is 0 Å². The molecule has 0 aliphatic rings. The zero-order valence-corrected chi connectivity index (χ0v) is 23.9. The summed E-state index contributed by atoms with van der Waals surface area (Å²) in [5.41, 5.74) is 5.25. The van der Waals surface area contributed by atoms with Crippen LogP contribution in [0, 0.1) is 0 Å². The van der Waals surface area contributed by atoms with Crippen molar-refractivity contribution < 1.29 is 47.5 Å². The van der Waals surface area contributed by atoms with Gasteiger partial charge in [0.05, 0.1) is 13.2 Å². The predicted molar refractivity (Wildman–Crippen MR) is 143 cm³/mol. The molecular weight excluding hydrogens is 517 g/mol. The maximum absolute atomic E-state index is 12.3. The molecule has 0 aliphatic heterocycles. The number of carboxylic acid groups (broad SMARTS) is 1. The van der Waals surface area contributed by atoms with Gasteiger partial charge >= 0.3 is 25.7 Å². The third-order valence-corrected chi connectivity index (χ3v) is 6.46. The number of unbranched alkanes of at least 4 members (excludes halogenated alkanes) is 9. The first-order valence-corrected chi connectivity index (χ1v) is 15.2. The van der Waals surface area contributed by atoms with Crippen molar-refractivity contribution in [2.24, 2.45) is 5.73 Å². The van der Waals surface area contributed by atoms with Gasteiger partial charge in [-0.25, -0.2) is 4.57 Å². The van der Waals surface area contributed by atoms with Gasteiger partial charge in [-0.05, 0) is 32.1 Å². The lowest BCUT2D eigenvalue weighted by Gasteiger charge is -2.20. The van der Waals surface area contributed by atoms with E-state index < -0.39 is 51.1 Å². The molecule has 3 unspecified atom stereocenters. The van der Waals surface area contributed by atoms with Crippen LogP contribution in [0.1, 0.15) is 104 Å². The highest BCUT2D eigenvalue weighted by Gasteiger charge is 2.28. The molecule has 3 atom stereocenters. The number of esters is 2. The van der Waals surface area contributed by atoms with Crippen LogP contribution in [-0.2, 0) is 37.5 Å². The van der Waals surface area contributed by atoms with Crippen LogP contribution in [0.3, 0.4) is 0 Å². The molecule has 0 heterocycles. The van der Waals surface area contributed by atoms with E-state index in [9.17, 15) is 23.8 Å². The van der Waals surface area contributed by atoms with E-state index in [1.54, 1.807) is 0 Å². The molecule has 38 heavy (non-hydrogen) atoms. The maximum Gasteiger partial charge on any atom is 0.472 e. The third-order valence-electron chi connectivity index (χ3n) is 5.51. The number of allylic oxidation sites excluding steroid dienone is 2. The van der Waals surface area contributed by atoms with E-state index in [-0.39, 0.29) is 19.4 Å². The van der Waals surface area contributed by atoms with Crippen molar-refractivity contribution >= 4 is 25.7 Å². The van der Waals surface area contributed by atoms with E-state index in [1.165, 1.54) is 12.8 Å². The van der Waals surface area contributed by atoms with Gasteiger partial charge < -0.3 is 25.2 Å². The summed E-state index contributed by atoms with van der Waals surface area (Å²) in [6, 6.07) is -1.51. The summed E-state index contributed by atoms with van der Waals surface area (Å²) in [5.74, 6) is -2.43. The SMILES string of the molecule is CCCC/C=C\CCCCCCCC(=O)OC(COC(=O)CCCCC)COP(=O)(O)OCC(N)C(=O)O. The zero-order valence-electron chi connectivity index (χ0n) is 23.0. The van der Waals surface area contributed by atoms with E-state index in [0.29, 0.717) is 12.8 Å². The summed E-state index contributed by atoms with van der Waals surface area (Å²) in [6.07, 6.45) is 15.4. The number of aliphatic carboxylic acids is 1. The van der Waals surface area contributed by atoms with Crippen LogP contribution >= 0.6 is 7.82 Å². The van der Waals surface area contributed by atoms with Crippen LogP contribution in [0.2, 0.25) is 0 Å². The fraction of sp³-hybridized carbons (Fsp3) is 0.808. The van der Waals surface area contributed by atoms with Gasteiger partial charge in [-0.2, -0.15) is 0 Å². The fourth-order valence-electron chi connectivity index (χ4n) is 3.22. The zero-order chi connectivity index (χ0) is 28.7. The average molecular weight is 566 g/mol. The van der Waals surface area contributed by atoms with E-state index in [1.807, 2.05) is 6.92 Å². The van der Waals surface area contributed by atoms with E-state index >= 15 is 0 Å². The molecule has 0 amide bonds. The van der Waals surface area contributed by atoms with Gasteiger partial charge in [-0.15, -0.1) is 0 Å². The Bertz CT molecular complexity index is 731. The molecule has 0 bridgehead atoms. The lowest BCUT2D eigenvalue weighted by molar-refractivity contribution is -0.161. The van der Waals surface area contributed by atoms with Gasteiger partial charge in [-0.1, -0.05) is 70.9 Å². The normalized spacial score (nSPS) is 14.6. The fourth-order valence-corrected chi connectivity index (χ4v) is 4.00. The van der Waals surface area contributed by atoms with Gasteiger partial charge in [0, 0.05) is 12.8 Å². The van der Waals surface area contributed by atoms with E-state index in [2.05, 4.69) is 23.6 Å². The summed E-state index contributed by atoms with van der Waals surface area (Å²) in [7, 11) is -4.68. The van der Waals surface area contributed by atoms with Crippen molar-refractivity contribution in [3.05, 3.63) is 12.2 Å². The molecule has 0 radical (unpaired) electrons. The number of carbonyl (C=O) groups is 3. The van der Waals surface area contributed by atoms with Crippen LogP contribution in [-0.4, -0.2) is 59.9 Å². The van der Waals surface area contributed by atoms with Crippen LogP contribution in [0.5, 0.6) is 0 Å². The van der Waals surface area contributed by atoms with E-state index in [4.69, 9.17) is 24.8 Å². The average Bonchev–Trinajstić information content (AvgIpc) is 2.87. The summed E-state index contributed by atoms with van der Waals surface area (Å²) >= 11 is 0. The molecule has 0 rings (SSSR count). The van der Waals surface area contributed by atoms with Gasteiger partial charge in [0.25, 0.3) is 0 Å². The molecule has 0 saturated carbocycles. The number of ether oxygens (including phenoxy) is 2. The number of nitrogens with two attached hydrogens (primary N) is 1. The molecular formula is C26H48NO10P. The highest BCUT2D eigenvalue weighted by molar-refractivity contribution is 7.47. The monoisotopic (exact) mass is 565 g/mol. The predicted octanol–water partition coefficient (Wildman–Crippen LogP) is 5.04. The van der Waals surface area contributed by atoms with E-state index in [0.717, 1.165) is 51.4 Å². The van der Waals surface area contributed by atoms with Gasteiger partial charge in [-0.3, -0.25) is 23.4 Å². The van der Waals surface area contributed by atoms with Gasteiger partial charge in [0.1, 0.15) is 12.6 Å². The Kier molecular flexibility index (Phi) is 22.1. The smallest absolute Gasteiger partial charge is 0.472 e. The molecule has 4 N–H and O–H groups in total. The number of hydrogen-bond donors (Lipinski definition) is 3. The Morgan fingerprint density at radius 2 is 1.34 bits per heavy atom. The number of phosphoric ester groups is 1. The number of rotatable bonds is 25. The van der Waals surface area contributed by atoms with Crippen molar-refractivity contribution in [3.8, 4) is 0 Å². The quantitative estimate of drug-likeness (QED) is 0.0585. The minimum atomic E-state index is -4.68. The standard InChI is InChI=1S/C26H48NO10P/c1-3-5-7-8-9-10-11-12-13-14-16-18-25(29)37-22(19-34-24(28)17-15-6-4-2)20-35-38(32,33)36-21-23(27)26(30)31/h8-9,22-23H,3-7,10-21,27H2,1-2H3,(H,30,31)(H,32,33)/b9-8-. The second kappa shape index (κ2) is 23.1. The summed E-state index contributed by atoms with van der Waals surface area (Å²) in [6.45, 7) is 2.49. The van der Waals surface area contributed by atoms with Crippen LogP contribution in [0.15, 0.2) is 12.2 Å². The molecule has 11 nitrogen and oxygen atoms in total. The Labute approximate surface area is 227 Å². The number of phosphoric acid groups is 1. The highest BCUT2D eigenvalue weighted by atomic mass is 31.2. The summed E-state index contributed by atoms with van der Waals surface area (Å²) < 4.78 is 31.9. The first kappa shape index (κ1) is 36.2. The molecule has 0 fully saturated rings. The first-order valence-electron chi connectivity index (χ1n) is 13.7. The number of hydrogen-bond acceptors (Lipinski definition) is 9. The Morgan fingerprint density at radius 1 is 0.789 bits per heavy atom. The summed E-state index contributed by atoms with van der Waals surface area (Å²) in [5, 5.41) is 8.75. The Hall–Kier alpha value is -1.78. The third kappa shape index (κ3) is 22.2. The summed E-state index contributed by atoms with van der Waals surface area (Å²) in [4.78, 5) is 44.8. The molecule has 0 saturated heterocycles. The Morgan fingerprint density at radius 3 is 2.00 bits per heavy atom. The van der Waals surface area contributed by atoms with Gasteiger partial charge in [0.15, 0.2) is 6.10 Å². The van der Waals surface area contributed by atoms with Crippen molar-refractivity contribution in [1.29, 1.82) is 0 Å². The minimum Gasteiger partial charge on any atom is -0.480 e. The molecule has 0 spiro atoms. The van der Waals surface area contributed by atoms with Crippen molar-refractivity contribution in [2.75, 3.05) is 19.8 Å². The number of carboxylic acids is 1. The molecule has 0 aliphatic carbocycles. The van der Waals surface area contributed by atoms with Crippen molar-refractivity contribution in [1.82, 2.24) is 0 Å². The molecule has 0 aromatic carbocycles. The van der Waals surface area contributed by atoms with Crippen LogP contribution in [0.25, 0.3) is 0 Å².